The van der Waals surface area contributed by atoms with E-state index in [1.807, 2.05) is 31.2 Å². The number of nitrogen functional groups attached to an aromatic ring is 1. The number of halogens is 1. The highest BCUT2D eigenvalue weighted by molar-refractivity contribution is 6.31. The van der Waals surface area contributed by atoms with E-state index in [2.05, 4.69) is 4.74 Å². The summed E-state index contributed by atoms with van der Waals surface area (Å²) in [5, 5.41) is 0.679. The Balaban J connectivity index is 0.000000500. The number of methoxy groups -OCH3 is 1. The van der Waals surface area contributed by atoms with Gasteiger partial charge in [-0.3, -0.25) is 0 Å². The largest absolute Gasteiger partial charge is 0.399 e. The van der Waals surface area contributed by atoms with Gasteiger partial charge in [-0.15, -0.1) is 0 Å². The Labute approximate surface area is 90.3 Å². The number of hydrogen-bond acceptors (Lipinski definition) is 2. The average molecular weight is 214 g/mol. The van der Waals surface area contributed by atoms with Crippen LogP contribution in [-0.2, 0) is 4.74 Å². The van der Waals surface area contributed by atoms with Crippen molar-refractivity contribution in [2.75, 3.05) is 20.0 Å². The normalized spacial score (nSPS) is 9.71. The van der Waals surface area contributed by atoms with Crippen LogP contribution >= 0.6 is 11.6 Å². The van der Waals surface area contributed by atoms with E-state index in [0.29, 0.717) is 10.7 Å². The molecule has 78 valence electrons. The molecule has 0 aliphatic heterocycles. The predicted molar refractivity (Wildman–Crippen MR) is 63.5 cm³/mol. The molecule has 0 fully saturated rings. The molecule has 0 saturated carbocycles. The highest BCUT2D eigenvalue weighted by atomic mass is 35.5. The minimum Gasteiger partial charge on any atom is -0.399 e. The Morgan fingerprint density at radius 2 is 1.86 bits per heavy atom. The molecule has 0 aromatic heterocycles. The van der Waals surface area contributed by atoms with Crippen molar-refractivity contribution in [3.63, 3.8) is 0 Å². The number of nitrogens with two attached hydrogens (primary N) is 1. The predicted octanol–water partition coefficient (Wildman–Crippen LogP) is 3.22. The number of anilines is 1. The van der Waals surface area contributed by atoms with Gasteiger partial charge in [0.1, 0.15) is 0 Å². The lowest BCUT2D eigenvalue weighted by molar-refractivity contribution is 0.277. The van der Waals surface area contributed by atoms with Crippen LogP contribution in [0.15, 0.2) is 24.3 Å². The summed E-state index contributed by atoms with van der Waals surface area (Å²) in [7, 11) is 3.25. The first-order valence-corrected chi connectivity index (χ1v) is 4.60. The van der Waals surface area contributed by atoms with Gasteiger partial charge in [-0.05, 0) is 30.7 Å². The first-order valence-electron chi connectivity index (χ1n) is 4.23. The second kappa shape index (κ2) is 7.42. The molecule has 0 amide bonds. The number of allylic oxidation sites excluding steroid dienone is 1. The van der Waals surface area contributed by atoms with Gasteiger partial charge >= 0.3 is 0 Å². The van der Waals surface area contributed by atoms with Crippen molar-refractivity contribution < 1.29 is 4.74 Å². The van der Waals surface area contributed by atoms with Crippen molar-refractivity contribution >= 4 is 23.4 Å². The zero-order valence-electron chi connectivity index (χ0n) is 8.75. The third kappa shape index (κ3) is 5.62. The van der Waals surface area contributed by atoms with Gasteiger partial charge in [0.2, 0.25) is 0 Å². The van der Waals surface area contributed by atoms with Gasteiger partial charge in [0, 0.05) is 24.9 Å². The van der Waals surface area contributed by atoms with Crippen molar-refractivity contribution in [1.29, 1.82) is 0 Å². The van der Waals surface area contributed by atoms with Gasteiger partial charge in [-0.2, -0.15) is 0 Å². The second-order valence-electron chi connectivity index (χ2n) is 2.73. The summed E-state index contributed by atoms with van der Waals surface area (Å²) in [6.07, 6.45) is 3.91. The minimum absolute atomic E-state index is 0.679. The molecule has 14 heavy (non-hydrogen) atoms. The van der Waals surface area contributed by atoms with Crippen LogP contribution < -0.4 is 5.73 Å². The molecule has 0 aliphatic rings. The van der Waals surface area contributed by atoms with Crippen LogP contribution in [0.25, 0.3) is 6.08 Å². The zero-order valence-corrected chi connectivity index (χ0v) is 9.51. The van der Waals surface area contributed by atoms with Crippen LogP contribution in [0, 0.1) is 0 Å². The lowest BCUT2D eigenvalue weighted by Crippen LogP contribution is -1.84. The Hall–Kier alpha value is -0.990. The van der Waals surface area contributed by atoms with Gasteiger partial charge < -0.3 is 10.5 Å². The maximum Gasteiger partial charge on any atom is 0.0432 e. The van der Waals surface area contributed by atoms with E-state index < -0.39 is 0 Å². The third-order valence-corrected chi connectivity index (χ3v) is 1.52. The number of hydrogen-bond donors (Lipinski definition) is 1. The quantitative estimate of drug-likeness (QED) is 0.727. The van der Waals surface area contributed by atoms with Crippen LogP contribution in [0.1, 0.15) is 12.5 Å². The standard InChI is InChI=1S/C9H10ClN.C2H6O/c1-2-3-7-4-8(10)6-9(11)5-7;1-3-2/h2-6H,11H2,1H3;1-2H3/b3-2+;. The topological polar surface area (TPSA) is 35.2 Å². The van der Waals surface area contributed by atoms with E-state index >= 15 is 0 Å². The first kappa shape index (κ1) is 13.0. The molecule has 3 heteroatoms. The summed E-state index contributed by atoms with van der Waals surface area (Å²) in [5.41, 5.74) is 7.31. The number of rotatable bonds is 1. The summed E-state index contributed by atoms with van der Waals surface area (Å²) in [5.74, 6) is 0. The summed E-state index contributed by atoms with van der Waals surface area (Å²) in [6, 6.07) is 5.48. The molecule has 1 aromatic carbocycles. The van der Waals surface area contributed by atoms with E-state index in [0.717, 1.165) is 5.56 Å². The molecule has 1 aromatic rings. The maximum absolute atomic E-state index is 5.77. The van der Waals surface area contributed by atoms with E-state index in [9.17, 15) is 0 Å². The molecule has 0 aliphatic carbocycles. The first-order chi connectivity index (χ1) is 6.63. The van der Waals surface area contributed by atoms with Crippen LogP contribution in [0.2, 0.25) is 5.02 Å². The molecule has 0 heterocycles. The van der Waals surface area contributed by atoms with Crippen molar-refractivity contribution in [3.05, 3.63) is 34.9 Å². The van der Waals surface area contributed by atoms with Gasteiger partial charge in [-0.1, -0.05) is 23.8 Å². The van der Waals surface area contributed by atoms with Crippen LogP contribution in [0.3, 0.4) is 0 Å². The Morgan fingerprint density at radius 3 is 2.29 bits per heavy atom. The van der Waals surface area contributed by atoms with Crippen LogP contribution in [-0.4, -0.2) is 14.2 Å². The molecule has 1 rings (SSSR count). The van der Waals surface area contributed by atoms with Gasteiger partial charge in [0.05, 0.1) is 0 Å². The summed E-state index contributed by atoms with van der Waals surface area (Å²) < 4.78 is 4.25. The van der Waals surface area contributed by atoms with E-state index in [1.54, 1.807) is 20.3 Å². The fourth-order valence-corrected chi connectivity index (χ4v) is 1.18. The number of benzene rings is 1. The lowest BCUT2D eigenvalue weighted by atomic mass is 10.2. The van der Waals surface area contributed by atoms with Crippen molar-refractivity contribution in [2.45, 2.75) is 6.92 Å². The smallest absolute Gasteiger partial charge is 0.0432 e. The fourth-order valence-electron chi connectivity index (χ4n) is 0.925. The highest BCUT2D eigenvalue weighted by Crippen LogP contribution is 2.17. The van der Waals surface area contributed by atoms with E-state index in [-0.39, 0.29) is 0 Å². The summed E-state index contributed by atoms with van der Waals surface area (Å²) in [4.78, 5) is 0. The molecule has 2 nitrogen and oxygen atoms in total. The SMILES string of the molecule is C/C=C/c1cc(N)cc(Cl)c1.COC. The molecule has 0 bridgehead atoms. The highest BCUT2D eigenvalue weighted by Gasteiger charge is 1.92. The van der Waals surface area contributed by atoms with E-state index in [1.165, 1.54) is 0 Å². The minimum atomic E-state index is 0.679. The Kier molecular flexibility index (Phi) is 6.89. The van der Waals surface area contributed by atoms with Gasteiger partial charge in [0.25, 0.3) is 0 Å². The fraction of sp³-hybridized carbons (Fsp3) is 0.273. The third-order valence-electron chi connectivity index (χ3n) is 1.30. The molecule has 2 N–H and O–H groups in total. The van der Waals surface area contributed by atoms with E-state index in [4.69, 9.17) is 17.3 Å². The summed E-state index contributed by atoms with van der Waals surface area (Å²) >= 11 is 5.77. The number of ether oxygens (including phenoxy) is 1. The van der Waals surface area contributed by atoms with Gasteiger partial charge in [-0.25, -0.2) is 0 Å². The van der Waals surface area contributed by atoms with Crippen LogP contribution in [0.4, 0.5) is 5.69 Å². The second-order valence-corrected chi connectivity index (χ2v) is 3.16. The van der Waals surface area contributed by atoms with Crippen LogP contribution in [0.5, 0.6) is 0 Å². The molecule has 0 spiro atoms. The van der Waals surface area contributed by atoms with Crippen molar-refractivity contribution in [2.24, 2.45) is 0 Å². The van der Waals surface area contributed by atoms with Crippen molar-refractivity contribution in [1.82, 2.24) is 0 Å². The lowest BCUT2D eigenvalue weighted by Gasteiger charge is -1.97. The maximum atomic E-state index is 5.77. The Morgan fingerprint density at radius 1 is 1.29 bits per heavy atom. The van der Waals surface area contributed by atoms with Crippen molar-refractivity contribution in [3.8, 4) is 0 Å². The molecule has 0 atom stereocenters. The van der Waals surface area contributed by atoms with Gasteiger partial charge in [0.15, 0.2) is 0 Å². The monoisotopic (exact) mass is 213 g/mol. The molecular weight excluding hydrogens is 198 g/mol. The average Bonchev–Trinajstić information content (AvgIpc) is 2.03. The molecular formula is C11H16ClNO. The summed E-state index contributed by atoms with van der Waals surface area (Å²) in [6.45, 7) is 1.96. The zero-order chi connectivity index (χ0) is 11.0. The molecule has 0 unspecified atom stereocenters. The Bertz CT molecular complexity index is 277. The molecule has 0 saturated heterocycles. The molecule has 0 radical (unpaired) electrons.